The maximum absolute atomic E-state index is 7.75. The highest BCUT2D eigenvalue weighted by atomic mass is 35.5. The lowest BCUT2D eigenvalue weighted by atomic mass is 10.1. The van der Waals surface area contributed by atoms with Crippen molar-refractivity contribution in [2.45, 2.75) is 6.10 Å². The summed E-state index contributed by atoms with van der Waals surface area (Å²) < 4.78 is 6.02. The molecule has 0 saturated carbocycles. The fraction of sp³-hybridized carbons (Fsp3) is 0.389. The van der Waals surface area contributed by atoms with Gasteiger partial charge in [-0.05, 0) is 43.9 Å². The lowest BCUT2D eigenvalue weighted by Crippen LogP contribution is -2.20. The van der Waals surface area contributed by atoms with E-state index in [0.717, 1.165) is 22.8 Å². The minimum absolute atomic E-state index is 0.0972. The molecule has 0 aliphatic heterocycles. The van der Waals surface area contributed by atoms with Crippen LogP contribution in [0.2, 0.25) is 5.02 Å². The van der Waals surface area contributed by atoms with Crippen LogP contribution in [0.15, 0.2) is 48.7 Å². The molecular weight excluding hydrogens is 326 g/mol. The van der Waals surface area contributed by atoms with E-state index in [1.807, 2.05) is 56.6 Å². The van der Waals surface area contributed by atoms with Gasteiger partial charge >= 0.3 is 0 Å². The molecule has 0 saturated heterocycles. The van der Waals surface area contributed by atoms with Crippen molar-refractivity contribution in [2.24, 2.45) is 5.73 Å². The van der Waals surface area contributed by atoms with Crippen LogP contribution in [-0.2, 0) is 4.74 Å². The molecule has 0 aliphatic rings. The molecule has 0 aliphatic carbocycles. The molecule has 0 bridgehead atoms. The SMILES string of the molecule is CN(C)CCOC(c1ccc(Cl)cc1)c1ccccn1.NCCO. The van der Waals surface area contributed by atoms with Gasteiger partial charge in [-0.25, -0.2) is 0 Å². The Morgan fingerprint density at radius 1 is 1.21 bits per heavy atom. The fourth-order valence-electron chi connectivity index (χ4n) is 1.87. The van der Waals surface area contributed by atoms with Crippen LogP contribution in [-0.4, -0.2) is 55.4 Å². The summed E-state index contributed by atoms with van der Waals surface area (Å²) in [6.45, 7) is 1.99. The van der Waals surface area contributed by atoms with Crippen LogP contribution in [0.5, 0.6) is 0 Å². The molecule has 0 spiro atoms. The molecule has 1 aromatic heterocycles. The number of nitrogens with two attached hydrogens (primary N) is 1. The van der Waals surface area contributed by atoms with Gasteiger partial charge in [0.2, 0.25) is 0 Å². The quantitative estimate of drug-likeness (QED) is 0.801. The molecule has 0 amide bonds. The van der Waals surface area contributed by atoms with Crippen molar-refractivity contribution < 1.29 is 9.84 Å². The molecule has 5 nitrogen and oxygen atoms in total. The van der Waals surface area contributed by atoms with Gasteiger partial charge in [0.05, 0.1) is 18.9 Å². The lowest BCUT2D eigenvalue weighted by Gasteiger charge is -2.19. The van der Waals surface area contributed by atoms with Gasteiger partial charge in [-0.3, -0.25) is 4.98 Å². The average molecular weight is 352 g/mol. The second-order valence-electron chi connectivity index (χ2n) is 5.37. The number of pyridine rings is 1. The number of aliphatic hydroxyl groups is 1. The van der Waals surface area contributed by atoms with Crippen LogP contribution >= 0.6 is 11.6 Å². The highest BCUT2D eigenvalue weighted by molar-refractivity contribution is 6.30. The normalized spacial score (nSPS) is 11.8. The fourth-order valence-corrected chi connectivity index (χ4v) is 2.00. The largest absolute Gasteiger partial charge is 0.395 e. The molecule has 1 aromatic carbocycles. The summed E-state index contributed by atoms with van der Waals surface area (Å²) in [7, 11) is 4.06. The first-order chi connectivity index (χ1) is 11.6. The van der Waals surface area contributed by atoms with Crippen LogP contribution in [0, 0.1) is 0 Å². The van der Waals surface area contributed by atoms with Crippen LogP contribution < -0.4 is 5.73 Å². The van der Waals surface area contributed by atoms with Gasteiger partial charge in [-0.15, -0.1) is 0 Å². The zero-order valence-corrected chi connectivity index (χ0v) is 15.0. The van der Waals surface area contributed by atoms with Crippen molar-refractivity contribution in [2.75, 3.05) is 40.4 Å². The van der Waals surface area contributed by atoms with E-state index in [9.17, 15) is 0 Å². The number of hydrogen-bond acceptors (Lipinski definition) is 5. The third-order valence-corrected chi connectivity index (χ3v) is 3.33. The first kappa shape index (κ1) is 20.5. The molecule has 0 fully saturated rings. The van der Waals surface area contributed by atoms with E-state index in [-0.39, 0.29) is 12.7 Å². The second-order valence-corrected chi connectivity index (χ2v) is 5.81. The Morgan fingerprint density at radius 2 is 1.88 bits per heavy atom. The van der Waals surface area contributed by atoms with E-state index in [4.69, 9.17) is 27.2 Å². The zero-order valence-electron chi connectivity index (χ0n) is 14.2. The highest BCUT2D eigenvalue weighted by Gasteiger charge is 2.15. The molecule has 0 radical (unpaired) electrons. The number of nitrogens with zero attached hydrogens (tertiary/aromatic N) is 2. The first-order valence-corrected chi connectivity index (χ1v) is 8.20. The summed E-state index contributed by atoms with van der Waals surface area (Å²) in [6, 6.07) is 13.6. The molecule has 1 unspecified atom stereocenters. The molecule has 1 atom stereocenters. The van der Waals surface area contributed by atoms with Crippen LogP contribution in [0.1, 0.15) is 17.4 Å². The van der Waals surface area contributed by atoms with E-state index in [1.54, 1.807) is 6.20 Å². The Labute approximate surface area is 149 Å². The zero-order chi connectivity index (χ0) is 17.8. The van der Waals surface area contributed by atoms with Gasteiger partial charge in [0.1, 0.15) is 6.10 Å². The van der Waals surface area contributed by atoms with Crippen molar-refractivity contribution in [1.29, 1.82) is 0 Å². The molecule has 2 aromatic rings. The van der Waals surface area contributed by atoms with Crippen molar-refractivity contribution >= 4 is 11.6 Å². The van der Waals surface area contributed by atoms with Crippen LogP contribution in [0.4, 0.5) is 0 Å². The van der Waals surface area contributed by atoms with Crippen molar-refractivity contribution in [3.63, 3.8) is 0 Å². The van der Waals surface area contributed by atoms with Crippen molar-refractivity contribution in [3.8, 4) is 0 Å². The van der Waals surface area contributed by atoms with Gasteiger partial charge < -0.3 is 20.5 Å². The van der Waals surface area contributed by atoms with Gasteiger partial charge in [-0.1, -0.05) is 29.8 Å². The molecule has 1 heterocycles. The average Bonchev–Trinajstić information content (AvgIpc) is 2.60. The standard InChI is InChI=1S/C16H19ClN2O.C2H7NO/c1-19(2)11-12-20-16(15-5-3-4-10-18-15)13-6-8-14(17)9-7-13;3-1-2-4/h3-10,16H,11-12H2,1-2H3;4H,1-3H2. The lowest BCUT2D eigenvalue weighted by molar-refractivity contribution is 0.0662. The van der Waals surface area contributed by atoms with E-state index in [1.165, 1.54) is 0 Å². The summed E-state index contributed by atoms with van der Waals surface area (Å²) in [5.41, 5.74) is 6.75. The number of halogens is 1. The summed E-state index contributed by atoms with van der Waals surface area (Å²) in [5.74, 6) is 0. The summed E-state index contributed by atoms with van der Waals surface area (Å²) in [6.07, 6.45) is 1.63. The smallest absolute Gasteiger partial charge is 0.124 e. The Kier molecular flexibility index (Phi) is 10.2. The van der Waals surface area contributed by atoms with E-state index >= 15 is 0 Å². The Bertz CT molecular complexity index is 548. The minimum atomic E-state index is -0.159. The minimum Gasteiger partial charge on any atom is -0.395 e. The van der Waals surface area contributed by atoms with Crippen LogP contribution in [0.25, 0.3) is 0 Å². The number of benzene rings is 1. The first-order valence-electron chi connectivity index (χ1n) is 7.82. The third-order valence-electron chi connectivity index (χ3n) is 3.08. The maximum Gasteiger partial charge on any atom is 0.124 e. The Hall–Kier alpha value is -1.50. The number of aliphatic hydroxyl groups excluding tert-OH is 1. The van der Waals surface area contributed by atoms with Gasteiger partial charge in [0, 0.05) is 24.3 Å². The predicted molar refractivity (Wildman–Crippen MR) is 98.2 cm³/mol. The number of likely N-dealkylation sites (N-methyl/N-ethyl adjacent to an activating group) is 1. The van der Waals surface area contributed by atoms with Gasteiger partial charge in [-0.2, -0.15) is 0 Å². The number of rotatable bonds is 7. The van der Waals surface area contributed by atoms with Gasteiger partial charge in [0.25, 0.3) is 0 Å². The molecule has 3 N–H and O–H groups in total. The summed E-state index contributed by atoms with van der Waals surface area (Å²) in [4.78, 5) is 6.50. The number of ether oxygens (including phenoxy) is 1. The van der Waals surface area contributed by atoms with Crippen molar-refractivity contribution in [1.82, 2.24) is 9.88 Å². The number of aromatic nitrogens is 1. The van der Waals surface area contributed by atoms with Crippen LogP contribution in [0.3, 0.4) is 0 Å². The highest BCUT2D eigenvalue weighted by Crippen LogP contribution is 2.25. The molecule has 2 rings (SSSR count). The molecule has 132 valence electrons. The van der Waals surface area contributed by atoms with E-state index in [2.05, 4.69) is 9.88 Å². The topological polar surface area (TPSA) is 71.6 Å². The third kappa shape index (κ3) is 7.86. The van der Waals surface area contributed by atoms with Gasteiger partial charge in [0.15, 0.2) is 0 Å². The van der Waals surface area contributed by atoms with Crippen molar-refractivity contribution in [3.05, 3.63) is 64.9 Å². The molecule has 24 heavy (non-hydrogen) atoms. The maximum atomic E-state index is 7.75. The Balaban J connectivity index is 0.000000648. The van der Waals surface area contributed by atoms with E-state index < -0.39 is 0 Å². The molecule has 6 heteroatoms. The monoisotopic (exact) mass is 351 g/mol. The summed E-state index contributed by atoms with van der Waals surface area (Å²) in [5, 5.41) is 8.47. The van der Waals surface area contributed by atoms with E-state index in [0.29, 0.717) is 13.2 Å². The Morgan fingerprint density at radius 3 is 2.38 bits per heavy atom. The summed E-state index contributed by atoms with van der Waals surface area (Å²) >= 11 is 5.95. The molecular formula is C18H26ClN3O2. The predicted octanol–water partition coefficient (Wildman–Crippen LogP) is 2.34. The number of hydrogen-bond donors (Lipinski definition) is 2. The second kappa shape index (κ2) is 11.9.